The molecule has 0 heterocycles. The van der Waals surface area contributed by atoms with Crippen LogP contribution in [0.3, 0.4) is 0 Å². The lowest BCUT2D eigenvalue weighted by Crippen LogP contribution is -2.43. The Morgan fingerprint density at radius 2 is 1.74 bits per heavy atom. The molecule has 1 aliphatic carbocycles. The third kappa shape index (κ3) is 5.81. The molecule has 0 saturated heterocycles. The first-order valence-electron chi connectivity index (χ1n) is 9.73. The molecule has 5 heteroatoms. The maximum Gasteiger partial charge on any atom is 0.238 e. The second-order valence-corrected chi connectivity index (χ2v) is 6.95. The normalized spacial score (nSPS) is 14.9. The predicted octanol–water partition coefficient (Wildman–Crippen LogP) is 4.04. The molecule has 0 radical (unpaired) electrons. The van der Waals surface area contributed by atoms with Crippen molar-refractivity contribution in [3.8, 4) is 11.5 Å². The number of para-hydroxylation sites is 3. The van der Waals surface area contributed by atoms with E-state index in [4.69, 9.17) is 4.74 Å². The maximum absolute atomic E-state index is 12.7. The molecule has 2 aromatic carbocycles. The van der Waals surface area contributed by atoms with E-state index in [2.05, 4.69) is 10.2 Å². The summed E-state index contributed by atoms with van der Waals surface area (Å²) in [6.07, 6.45) is 5.85. The molecule has 0 aliphatic heterocycles. The zero-order valence-electron chi connectivity index (χ0n) is 15.6. The van der Waals surface area contributed by atoms with Crippen LogP contribution in [0.4, 0.5) is 5.69 Å². The molecule has 144 valence electrons. The summed E-state index contributed by atoms with van der Waals surface area (Å²) in [4.78, 5) is 14.8. The summed E-state index contributed by atoms with van der Waals surface area (Å²) in [5.41, 5.74) is 0.652. The number of hydrogen-bond donors (Lipinski definition) is 2. The van der Waals surface area contributed by atoms with Crippen LogP contribution in [0, 0.1) is 0 Å². The fraction of sp³-hybridized carbons (Fsp3) is 0.409. The van der Waals surface area contributed by atoms with E-state index in [0.29, 0.717) is 24.0 Å². The van der Waals surface area contributed by atoms with Crippen LogP contribution >= 0.6 is 0 Å². The molecule has 2 aromatic rings. The van der Waals surface area contributed by atoms with Gasteiger partial charge in [0.05, 0.1) is 18.8 Å². The van der Waals surface area contributed by atoms with E-state index >= 15 is 0 Å². The van der Waals surface area contributed by atoms with Gasteiger partial charge in [-0.3, -0.25) is 9.69 Å². The minimum Gasteiger partial charge on any atom is -0.455 e. The molecule has 3 rings (SSSR count). The van der Waals surface area contributed by atoms with Crippen molar-refractivity contribution in [2.45, 2.75) is 38.1 Å². The number of rotatable bonds is 8. The zero-order valence-corrected chi connectivity index (χ0v) is 15.6. The van der Waals surface area contributed by atoms with Crippen molar-refractivity contribution in [1.29, 1.82) is 0 Å². The first kappa shape index (κ1) is 19.4. The Morgan fingerprint density at radius 1 is 1.04 bits per heavy atom. The van der Waals surface area contributed by atoms with E-state index < -0.39 is 0 Å². The van der Waals surface area contributed by atoms with Gasteiger partial charge < -0.3 is 15.2 Å². The van der Waals surface area contributed by atoms with E-state index in [-0.39, 0.29) is 19.1 Å². The van der Waals surface area contributed by atoms with E-state index in [1.165, 1.54) is 19.3 Å². The standard InChI is InChI=1S/C22H28N2O3/c25-16-15-24(18-9-3-1-4-10-18)17-22(26)23-20-13-7-8-14-21(20)27-19-11-5-2-6-12-19/h2,5-8,11-14,18,25H,1,3-4,9-10,15-17H2,(H,23,26). The molecule has 1 fully saturated rings. The molecule has 0 aromatic heterocycles. The van der Waals surface area contributed by atoms with Gasteiger partial charge in [-0.15, -0.1) is 0 Å². The molecule has 0 bridgehead atoms. The van der Waals surface area contributed by atoms with Crippen molar-refractivity contribution in [2.75, 3.05) is 25.0 Å². The van der Waals surface area contributed by atoms with E-state index in [0.717, 1.165) is 18.6 Å². The first-order chi connectivity index (χ1) is 13.3. The van der Waals surface area contributed by atoms with Gasteiger partial charge in [0.15, 0.2) is 5.75 Å². The lowest BCUT2D eigenvalue weighted by atomic mass is 9.94. The number of carbonyl (C=O) groups excluding carboxylic acids is 1. The number of ether oxygens (including phenoxy) is 1. The Hall–Kier alpha value is -2.37. The number of aliphatic hydroxyl groups is 1. The quantitative estimate of drug-likeness (QED) is 0.738. The average molecular weight is 368 g/mol. The summed E-state index contributed by atoms with van der Waals surface area (Å²) in [5, 5.41) is 12.4. The van der Waals surface area contributed by atoms with Crippen molar-refractivity contribution >= 4 is 11.6 Å². The summed E-state index contributed by atoms with van der Waals surface area (Å²) in [5.74, 6) is 1.25. The zero-order chi connectivity index (χ0) is 18.9. The molecular formula is C22H28N2O3. The van der Waals surface area contributed by atoms with Crippen LogP contribution in [0.15, 0.2) is 54.6 Å². The SMILES string of the molecule is O=C(CN(CCO)C1CCCCC1)Nc1ccccc1Oc1ccccc1. The predicted molar refractivity (Wildman–Crippen MR) is 107 cm³/mol. The van der Waals surface area contributed by atoms with Gasteiger partial charge in [-0.05, 0) is 37.1 Å². The Balaban J connectivity index is 1.64. The van der Waals surface area contributed by atoms with Crippen LogP contribution in [-0.4, -0.2) is 41.7 Å². The molecule has 0 unspecified atom stereocenters. The molecule has 0 spiro atoms. The van der Waals surface area contributed by atoms with E-state index in [1.807, 2.05) is 54.6 Å². The van der Waals surface area contributed by atoms with Gasteiger partial charge in [0.25, 0.3) is 0 Å². The van der Waals surface area contributed by atoms with Gasteiger partial charge in [-0.1, -0.05) is 49.6 Å². The number of benzene rings is 2. The molecular weight excluding hydrogens is 340 g/mol. The number of anilines is 1. The monoisotopic (exact) mass is 368 g/mol. The highest BCUT2D eigenvalue weighted by Crippen LogP contribution is 2.29. The molecule has 0 atom stereocenters. The van der Waals surface area contributed by atoms with Gasteiger partial charge in [0, 0.05) is 12.6 Å². The topological polar surface area (TPSA) is 61.8 Å². The Morgan fingerprint density at radius 3 is 2.48 bits per heavy atom. The maximum atomic E-state index is 12.7. The number of carbonyl (C=O) groups is 1. The first-order valence-corrected chi connectivity index (χ1v) is 9.73. The summed E-state index contributed by atoms with van der Waals surface area (Å²) >= 11 is 0. The van der Waals surface area contributed by atoms with Crippen molar-refractivity contribution in [3.63, 3.8) is 0 Å². The van der Waals surface area contributed by atoms with E-state index in [1.54, 1.807) is 0 Å². The van der Waals surface area contributed by atoms with Gasteiger partial charge in [0.1, 0.15) is 5.75 Å². The highest BCUT2D eigenvalue weighted by atomic mass is 16.5. The van der Waals surface area contributed by atoms with Crippen LogP contribution in [0.25, 0.3) is 0 Å². The molecule has 1 aliphatic rings. The van der Waals surface area contributed by atoms with Crippen LogP contribution in [-0.2, 0) is 4.79 Å². The van der Waals surface area contributed by atoms with Crippen molar-refractivity contribution in [2.24, 2.45) is 0 Å². The molecule has 1 saturated carbocycles. The largest absolute Gasteiger partial charge is 0.455 e. The summed E-state index contributed by atoms with van der Waals surface area (Å²) in [6, 6.07) is 17.3. The van der Waals surface area contributed by atoms with Crippen LogP contribution < -0.4 is 10.1 Å². The molecule has 2 N–H and O–H groups in total. The van der Waals surface area contributed by atoms with Gasteiger partial charge >= 0.3 is 0 Å². The van der Waals surface area contributed by atoms with Gasteiger partial charge in [-0.25, -0.2) is 0 Å². The summed E-state index contributed by atoms with van der Waals surface area (Å²) < 4.78 is 5.91. The lowest BCUT2D eigenvalue weighted by molar-refractivity contribution is -0.118. The Kier molecular flexibility index (Phi) is 7.25. The second-order valence-electron chi connectivity index (χ2n) is 6.95. The minimum absolute atomic E-state index is 0.0669. The fourth-order valence-corrected chi connectivity index (χ4v) is 3.61. The van der Waals surface area contributed by atoms with Crippen molar-refractivity contribution in [3.05, 3.63) is 54.6 Å². The summed E-state index contributed by atoms with van der Waals surface area (Å²) in [7, 11) is 0. The number of aliphatic hydroxyl groups excluding tert-OH is 1. The highest BCUT2D eigenvalue weighted by Gasteiger charge is 2.23. The third-order valence-electron chi connectivity index (χ3n) is 4.96. The number of hydrogen-bond acceptors (Lipinski definition) is 4. The van der Waals surface area contributed by atoms with Crippen LogP contribution in [0.5, 0.6) is 11.5 Å². The molecule has 1 amide bonds. The minimum atomic E-state index is -0.0851. The van der Waals surface area contributed by atoms with Crippen molar-refractivity contribution in [1.82, 2.24) is 4.90 Å². The van der Waals surface area contributed by atoms with Crippen LogP contribution in [0.1, 0.15) is 32.1 Å². The third-order valence-corrected chi connectivity index (χ3v) is 4.96. The highest BCUT2D eigenvalue weighted by molar-refractivity contribution is 5.93. The van der Waals surface area contributed by atoms with Crippen LogP contribution in [0.2, 0.25) is 0 Å². The number of nitrogens with one attached hydrogen (secondary N) is 1. The van der Waals surface area contributed by atoms with E-state index in [9.17, 15) is 9.90 Å². The summed E-state index contributed by atoms with van der Waals surface area (Å²) in [6.45, 7) is 0.878. The average Bonchev–Trinajstić information content (AvgIpc) is 2.71. The number of amides is 1. The molecule has 5 nitrogen and oxygen atoms in total. The lowest BCUT2D eigenvalue weighted by Gasteiger charge is -2.33. The second kappa shape index (κ2) is 10.1. The number of nitrogens with zero attached hydrogens (tertiary/aromatic N) is 1. The van der Waals surface area contributed by atoms with Gasteiger partial charge in [-0.2, -0.15) is 0 Å². The molecule has 27 heavy (non-hydrogen) atoms. The smallest absolute Gasteiger partial charge is 0.238 e. The Labute approximate surface area is 161 Å². The van der Waals surface area contributed by atoms with Crippen molar-refractivity contribution < 1.29 is 14.6 Å². The van der Waals surface area contributed by atoms with Gasteiger partial charge in [0.2, 0.25) is 5.91 Å². The fourth-order valence-electron chi connectivity index (χ4n) is 3.61. The Bertz CT molecular complexity index is 715.